The van der Waals surface area contributed by atoms with Gasteiger partial charge in [0.05, 0.1) is 0 Å². The Balaban J connectivity index is 2.24. The number of hydrogen-bond acceptors (Lipinski definition) is 3. The predicted octanol–water partition coefficient (Wildman–Crippen LogP) is 1.70. The van der Waals surface area contributed by atoms with Crippen molar-refractivity contribution in [2.75, 3.05) is 26.2 Å². The first-order chi connectivity index (χ1) is 9.57. The summed E-state index contributed by atoms with van der Waals surface area (Å²) in [5.74, 6) is 0. The van der Waals surface area contributed by atoms with Crippen molar-refractivity contribution in [2.45, 2.75) is 63.8 Å². The average molecular weight is 303 g/mol. The lowest BCUT2D eigenvalue weighted by atomic mass is 9.81. The molecule has 0 bridgehead atoms. The zero-order valence-electron chi connectivity index (χ0n) is 12.7. The van der Waals surface area contributed by atoms with Gasteiger partial charge >= 0.3 is 0 Å². The molecule has 0 unspecified atom stereocenters. The molecule has 1 heterocycles. The molecule has 0 atom stereocenters. The highest BCUT2D eigenvalue weighted by atomic mass is 32.2. The van der Waals surface area contributed by atoms with E-state index in [2.05, 4.69) is 0 Å². The molecule has 2 fully saturated rings. The van der Waals surface area contributed by atoms with Crippen LogP contribution in [0.3, 0.4) is 0 Å². The molecule has 1 saturated carbocycles. The quantitative estimate of drug-likeness (QED) is 0.840. The highest BCUT2D eigenvalue weighted by Gasteiger charge is 2.44. The molecule has 2 rings (SSSR count). The zero-order chi connectivity index (χ0) is 14.6. The highest BCUT2D eigenvalue weighted by Crippen LogP contribution is 2.35. The van der Waals surface area contributed by atoms with Gasteiger partial charge in [-0.15, -0.1) is 0 Å². The Bertz CT molecular complexity index is 399. The maximum absolute atomic E-state index is 13.0. The Labute approximate surface area is 123 Å². The van der Waals surface area contributed by atoms with Crippen molar-refractivity contribution in [1.82, 2.24) is 8.61 Å². The van der Waals surface area contributed by atoms with Crippen LogP contribution in [0.25, 0.3) is 0 Å². The van der Waals surface area contributed by atoms with E-state index in [9.17, 15) is 8.42 Å². The van der Waals surface area contributed by atoms with Crippen LogP contribution in [0.4, 0.5) is 0 Å². The van der Waals surface area contributed by atoms with E-state index in [-0.39, 0.29) is 5.54 Å². The van der Waals surface area contributed by atoms with E-state index in [1.54, 1.807) is 8.61 Å². The molecule has 1 saturated heterocycles. The van der Waals surface area contributed by atoms with Gasteiger partial charge in [-0.1, -0.05) is 32.6 Å². The van der Waals surface area contributed by atoms with Gasteiger partial charge in [-0.2, -0.15) is 17.0 Å². The minimum Gasteiger partial charge on any atom is -0.329 e. The summed E-state index contributed by atoms with van der Waals surface area (Å²) in [4.78, 5) is 0. The Morgan fingerprint density at radius 1 is 1.05 bits per heavy atom. The summed E-state index contributed by atoms with van der Waals surface area (Å²) in [6.45, 7) is 4.23. The van der Waals surface area contributed by atoms with Gasteiger partial charge in [0.15, 0.2) is 0 Å². The second kappa shape index (κ2) is 6.73. The molecule has 2 N–H and O–H groups in total. The Kier molecular flexibility index (Phi) is 5.45. The fourth-order valence-corrected chi connectivity index (χ4v) is 5.81. The standard InChI is InChI=1S/C14H29N3O2S/c1-2-17(14(13-15)9-5-3-6-10-14)20(18,19)16-11-7-4-8-12-16/h2-13,15H2,1H3. The second-order valence-corrected chi connectivity index (χ2v) is 7.97. The lowest BCUT2D eigenvalue weighted by Crippen LogP contribution is -2.60. The molecule has 20 heavy (non-hydrogen) atoms. The third-order valence-corrected chi connectivity index (χ3v) is 7.12. The third kappa shape index (κ3) is 3.03. The van der Waals surface area contributed by atoms with Crippen molar-refractivity contribution < 1.29 is 8.42 Å². The smallest absolute Gasteiger partial charge is 0.282 e. The Morgan fingerprint density at radius 2 is 1.60 bits per heavy atom. The molecule has 5 nitrogen and oxygen atoms in total. The van der Waals surface area contributed by atoms with Crippen LogP contribution in [0.2, 0.25) is 0 Å². The summed E-state index contributed by atoms with van der Waals surface area (Å²) in [6.07, 6.45) is 8.28. The molecule has 2 aliphatic rings. The van der Waals surface area contributed by atoms with Crippen molar-refractivity contribution >= 4 is 10.2 Å². The molecule has 118 valence electrons. The highest BCUT2D eigenvalue weighted by molar-refractivity contribution is 7.86. The van der Waals surface area contributed by atoms with E-state index in [0.29, 0.717) is 26.2 Å². The fraction of sp³-hybridized carbons (Fsp3) is 1.00. The van der Waals surface area contributed by atoms with Crippen molar-refractivity contribution in [2.24, 2.45) is 5.73 Å². The van der Waals surface area contributed by atoms with E-state index >= 15 is 0 Å². The fourth-order valence-electron chi connectivity index (χ4n) is 3.74. The monoisotopic (exact) mass is 303 g/mol. The molecule has 1 aliphatic heterocycles. The molecule has 0 aromatic heterocycles. The molecule has 0 radical (unpaired) electrons. The molecule has 0 spiro atoms. The third-order valence-electron chi connectivity index (χ3n) is 4.90. The summed E-state index contributed by atoms with van der Waals surface area (Å²) in [6, 6.07) is 0. The number of nitrogens with two attached hydrogens (primary N) is 1. The zero-order valence-corrected chi connectivity index (χ0v) is 13.5. The summed E-state index contributed by atoms with van der Waals surface area (Å²) in [5.41, 5.74) is 5.67. The van der Waals surface area contributed by atoms with Gasteiger partial charge in [-0.3, -0.25) is 0 Å². The van der Waals surface area contributed by atoms with Crippen LogP contribution in [0.5, 0.6) is 0 Å². The van der Waals surface area contributed by atoms with Crippen LogP contribution in [-0.4, -0.2) is 48.7 Å². The largest absolute Gasteiger partial charge is 0.329 e. The maximum Gasteiger partial charge on any atom is 0.282 e. The Morgan fingerprint density at radius 3 is 2.10 bits per heavy atom. The van der Waals surface area contributed by atoms with Crippen LogP contribution in [0, 0.1) is 0 Å². The maximum atomic E-state index is 13.0. The number of piperidine rings is 1. The van der Waals surface area contributed by atoms with Crippen LogP contribution in [-0.2, 0) is 10.2 Å². The molecular formula is C14H29N3O2S. The second-order valence-electron chi connectivity index (χ2n) is 6.12. The SMILES string of the molecule is CCN(C1(CN)CCCCC1)S(=O)(=O)N1CCCCC1. The summed E-state index contributed by atoms with van der Waals surface area (Å²) in [5, 5.41) is 0. The van der Waals surface area contributed by atoms with Crippen molar-refractivity contribution in [3.05, 3.63) is 0 Å². The van der Waals surface area contributed by atoms with E-state index < -0.39 is 10.2 Å². The topological polar surface area (TPSA) is 66.6 Å². The van der Waals surface area contributed by atoms with E-state index in [1.807, 2.05) is 6.92 Å². The normalized spacial score (nSPS) is 24.9. The average Bonchev–Trinajstić information content (AvgIpc) is 2.49. The van der Waals surface area contributed by atoms with Crippen LogP contribution >= 0.6 is 0 Å². The first kappa shape index (κ1) is 16.2. The predicted molar refractivity (Wildman–Crippen MR) is 81.6 cm³/mol. The summed E-state index contributed by atoms with van der Waals surface area (Å²) >= 11 is 0. The number of hydrogen-bond donors (Lipinski definition) is 1. The minimum atomic E-state index is -3.36. The first-order valence-electron chi connectivity index (χ1n) is 8.05. The van der Waals surface area contributed by atoms with Gasteiger partial charge in [0.1, 0.15) is 0 Å². The lowest BCUT2D eigenvalue weighted by Gasteiger charge is -2.46. The molecule has 0 amide bonds. The van der Waals surface area contributed by atoms with Crippen molar-refractivity contribution in [3.63, 3.8) is 0 Å². The minimum absolute atomic E-state index is 0.344. The first-order valence-corrected chi connectivity index (χ1v) is 9.44. The van der Waals surface area contributed by atoms with Crippen LogP contribution < -0.4 is 5.73 Å². The van der Waals surface area contributed by atoms with E-state index in [0.717, 1.165) is 44.9 Å². The number of nitrogens with zero attached hydrogens (tertiary/aromatic N) is 2. The van der Waals surface area contributed by atoms with Gasteiger partial charge in [-0.05, 0) is 25.7 Å². The lowest BCUT2D eigenvalue weighted by molar-refractivity contribution is 0.130. The van der Waals surface area contributed by atoms with E-state index in [4.69, 9.17) is 5.73 Å². The van der Waals surface area contributed by atoms with Crippen LogP contribution in [0.1, 0.15) is 58.3 Å². The van der Waals surface area contributed by atoms with E-state index in [1.165, 1.54) is 6.42 Å². The van der Waals surface area contributed by atoms with Crippen molar-refractivity contribution in [3.8, 4) is 0 Å². The molecule has 0 aromatic rings. The molecule has 1 aliphatic carbocycles. The van der Waals surface area contributed by atoms with Gasteiger partial charge in [0.25, 0.3) is 10.2 Å². The van der Waals surface area contributed by atoms with Crippen molar-refractivity contribution in [1.29, 1.82) is 0 Å². The van der Waals surface area contributed by atoms with Gasteiger partial charge in [0.2, 0.25) is 0 Å². The molecule has 6 heteroatoms. The Hall–Kier alpha value is -0.170. The molecular weight excluding hydrogens is 274 g/mol. The van der Waals surface area contributed by atoms with Gasteiger partial charge < -0.3 is 5.73 Å². The number of rotatable bonds is 5. The summed E-state index contributed by atoms with van der Waals surface area (Å²) < 4.78 is 29.3. The molecule has 0 aromatic carbocycles. The number of likely N-dealkylation sites (N-methyl/N-ethyl adjacent to an activating group) is 1. The van der Waals surface area contributed by atoms with Crippen LogP contribution in [0.15, 0.2) is 0 Å². The summed E-state index contributed by atoms with van der Waals surface area (Å²) in [7, 11) is -3.36. The van der Waals surface area contributed by atoms with Gasteiger partial charge in [-0.25, -0.2) is 0 Å². The van der Waals surface area contributed by atoms with Gasteiger partial charge in [0, 0.05) is 31.7 Å².